The summed E-state index contributed by atoms with van der Waals surface area (Å²) in [6, 6.07) is 2.38. The van der Waals surface area contributed by atoms with Gasteiger partial charge in [-0.25, -0.2) is 0 Å². The van der Waals surface area contributed by atoms with Gasteiger partial charge in [-0.1, -0.05) is 0 Å². The van der Waals surface area contributed by atoms with Gasteiger partial charge in [-0.3, -0.25) is 4.79 Å². The highest BCUT2D eigenvalue weighted by atomic mass is 32.1. The number of amides is 1. The first-order valence-corrected chi connectivity index (χ1v) is 7.17. The molecule has 1 fully saturated rings. The monoisotopic (exact) mass is 252 g/mol. The van der Waals surface area contributed by atoms with E-state index in [4.69, 9.17) is 0 Å². The molecule has 1 unspecified atom stereocenters. The van der Waals surface area contributed by atoms with Crippen LogP contribution in [0.3, 0.4) is 0 Å². The summed E-state index contributed by atoms with van der Waals surface area (Å²) < 4.78 is 0. The molecule has 94 valence electrons. The first-order valence-electron chi connectivity index (χ1n) is 6.29. The molecule has 0 saturated carbocycles. The molecule has 1 aliphatic rings. The number of carbonyl (C=O) groups excluding carboxylic acids is 1. The van der Waals surface area contributed by atoms with E-state index >= 15 is 0 Å². The van der Waals surface area contributed by atoms with Crippen molar-refractivity contribution in [2.75, 3.05) is 19.6 Å². The molecule has 4 heteroatoms. The van der Waals surface area contributed by atoms with E-state index in [9.17, 15) is 4.79 Å². The molecule has 2 rings (SSSR count). The Bertz CT molecular complexity index is 383. The van der Waals surface area contributed by atoms with E-state index in [0.29, 0.717) is 6.04 Å². The van der Waals surface area contributed by atoms with Crippen LogP contribution >= 0.6 is 11.3 Å². The maximum atomic E-state index is 12.5. The van der Waals surface area contributed by atoms with Gasteiger partial charge in [0.25, 0.3) is 5.91 Å². The Kier molecular flexibility index (Phi) is 4.18. The third-order valence-corrected chi connectivity index (χ3v) is 4.37. The minimum absolute atomic E-state index is 0.203. The van der Waals surface area contributed by atoms with Crippen LogP contribution in [-0.2, 0) is 0 Å². The fourth-order valence-corrected chi connectivity index (χ4v) is 3.27. The molecular weight excluding hydrogens is 232 g/mol. The van der Waals surface area contributed by atoms with Crippen molar-refractivity contribution in [1.29, 1.82) is 0 Å². The summed E-state index contributed by atoms with van der Waals surface area (Å²) in [5, 5.41) is 5.37. The molecule has 0 aliphatic carbocycles. The number of aryl methyl sites for hydroxylation is 1. The second-order valence-corrected chi connectivity index (χ2v) is 5.44. The van der Waals surface area contributed by atoms with Gasteiger partial charge in [0.15, 0.2) is 0 Å². The zero-order valence-electron chi connectivity index (χ0n) is 10.5. The first-order chi connectivity index (χ1) is 8.24. The SMILES string of the molecule is CCN(C(=O)c1sccc1C)C1CCCNC1. The summed E-state index contributed by atoms with van der Waals surface area (Å²) >= 11 is 1.55. The summed E-state index contributed by atoms with van der Waals surface area (Å²) in [4.78, 5) is 15.4. The van der Waals surface area contributed by atoms with Crippen LogP contribution in [0.5, 0.6) is 0 Å². The van der Waals surface area contributed by atoms with Crippen LogP contribution in [0, 0.1) is 6.92 Å². The fraction of sp³-hybridized carbons (Fsp3) is 0.615. The molecule has 0 aromatic carbocycles. The predicted molar refractivity (Wildman–Crippen MR) is 71.7 cm³/mol. The van der Waals surface area contributed by atoms with E-state index in [0.717, 1.165) is 42.9 Å². The number of likely N-dealkylation sites (N-methyl/N-ethyl adjacent to an activating group) is 1. The maximum Gasteiger partial charge on any atom is 0.264 e. The number of hydrogen-bond acceptors (Lipinski definition) is 3. The predicted octanol–water partition coefficient (Wildman–Crippen LogP) is 2.27. The minimum Gasteiger partial charge on any atom is -0.334 e. The average Bonchev–Trinajstić information content (AvgIpc) is 2.77. The molecule has 1 aliphatic heterocycles. The Balaban J connectivity index is 2.12. The lowest BCUT2D eigenvalue weighted by Gasteiger charge is -2.33. The van der Waals surface area contributed by atoms with Gasteiger partial charge >= 0.3 is 0 Å². The quantitative estimate of drug-likeness (QED) is 0.895. The van der Waals surface area contributed by atoms with Gasteiger partial charge in [0.05, 0.1) is 4.88 Å². The molecule has 1 aromatic heterocycles. The van der Waals surface area contributed by atoms with E-state index < -0.39 is 0 Å². The number of nitrogens with zero attached hydrogens (tertiary/aromatic N) is 1. The summed E-state index contributed by atoms with van der Waals surface area (Å²) in [6.45, 7) is 6.89. The zero-order chi connectivity index (χ0) is 12.3. The largest absolute Gasteiger partial charge is 0.334 e. The molecular formula is C13H20N2OS. The van der Waals surface area contributed by atoms with E-state index in [1.54, 1.807) is 11.3 Å². The van der Waals surface area contributed by atoms with Crippen LogP contribution in [0.4, 0.5) is 0 Å². The van der Waals surface area contributed by atoms with E-state index in [1.165, 1.54) is 0 Å². The summed E-state index contributed by atoms with van der Waals surface area (Å²) in [5.74, 6) is 0.203. The Morgan fingerprint density at radius 3 is 3.00 bits per heavy atom. The molecule has 1 N–H and O–H groups in total. The van der Waals surface area contributed by atoms with Crippen molar-refractivity contribution in [2.45, 2.75) is 32.7 Å². The number of piperidine rings is 1. The number of rotatable bonds is 3. The lowest BCUT2D eigenvalue weighted by molar-refractivity contribution is 0.0666. The van der Waals surface area contributed by atoms with Crippen molar-refractivity contribution in [2.24, 2.45) is 0 Å². The average molecular weight is 252 g/mol. The van der Waals surface area contributed by atoms with Crippen molar-refractivity contribution >= 4 is 17.2 Å². The Hall–Kier alpha value is -0.870. The fourth-order valence-electron chi connectivity index (χ4n) is 2.39. The molecule has 1 amide bonds. The van der Waals surface area contributed by atoms with E-state index in [2.05, 4.69) is 12.2 Å². The maximum absolute atomic E-state index is 12.5. The smallest absolute Gasteiger partial charge is 0.264 e. The van der Waals surface area contributed by atoms with Crippen LogP contribution in [0.25, 0.3) is 0 Å². The van der Waals surface area contributed by atoms with Crippen LogP contribution in [-0.4, -0.2) is 36.5 Å². The molecule has 0 bridgehead atoms. The summed E-state index contributed by atoms with van der Waals surface area (Å²) in [6.07, 6.45) is 2.29. The minimum atomic E-state index is 0.203. The van der Waals surface area contributed by atoms with Crippen molar-refractivity contribution in [3.05, 3.63) is 21.9 Å². The van der Waals surface area contributed by atoms with Gasteiger partial charge in [-0.2, -0.15) is 0 Å². The highest BCUT2D eigenvalue weighted by molar-refractivity contribution is 7.12. The molecule has 0 radical (unpaired) electrons. The second-order valence-electron chi connectivity index (χ2n) is 4.52. The topological polar surface area (TPSA) is 32.3 Å². The molecule has 17 heavy (non-hydrogen) atoms. The number of hydrogen-bond donors (Lipinski definition) is 1. The molecule has 1 saturated heterocycles. The van der Waals surface area contributed by atoms with Gasteiger partial charge in [0.1, 0.15) is 0 Å². The number of nitrogens with one attached hydrogen (secondary N) is 1. The van der Waals surface area contributed by atoms with Crippen LogP contribution < -0.4 is 5.32 Å². The van der Waals surface area contributed by atoms with Crippen molar-refractivity contribution in [3.8, 4) is 0 Å². The van der Waals surface area contributed by atoms with Crippen LogP contribution in [0.1, 0.15) is 35.0 Å². The number of thiophene rings is 1. The van der Waals surface area contributed by atoms with E-state index in [1.807, 2.05) is 23.3 Å². The summed E-state index contributed by atoms with van der Waals surface area (Å²) in [5.41, 5.74) is 1.10. The van der Waals surface area contributed by atoms with Crippen molar-refractivity contribution in [3.63, 3.8) is 0 Å². The normalized spacial score (nSPS) is 20.2. The van der Waals surface area contributed by atoms with Crippen molar-refractivity contribution in [1.82, 2.24) is 10.2 Å². The Morgan fingerprint density at radius 1 is 1.65 bits per heavy atom. The standard InChI is InChI=1S/C13H20N2OS/c1-3-15(11-5-4-7-14-9-11)13(16)12-10(2)6-8-17-12/h6,8,11,14H,3-5,7,9H2,1-2H3. The third-order valence-electron chi connectivity index (χ3n) is 3.37. The lowest BCUT2D eigenvalue weighted by atomic mass is 10.1. The molecule has 1 atom stereocenters. The van der Waals surface area contributed by atoms with Crippen LogP contribution in [0.15, 0.2) is 11.4 Å². The Morgan fingerprint density at radius 2 is 2.47 bits per heavy atom. The molecule has 1 aromatic rings. The first kappa shape index (κ1) is 12.6. The zero-order valence-corrected chi connectivity index (χ0v) is 11.3. The van der Waals surface area contributed by atoms with E-state index in [-0.39, 0.29) is 5.91 Å². The Labute approximate surface area is 107 Å². The highest BCUT2D eigenvalue weighted by Gasteiger charge is 2.26. The van der Waals surface area contributed by atoms with Gasteiger partial charge in [-0.05, 0) is 50.2 Å². The van der Waals surface area contributed by atoms with Crippen molar-refractivity contribution < 1.29 is 4.79 Å². The molecule has 3 nitrogen and oxygen atoms in total. The molecule has 0 spiro atoms. The van der Waals surface area contributed by atoms with Crippen LogP contribution in [0.2, 0.25) is 0 Å². The molecule has 2 heterocycles. The third kappa shape index (κ3) is 2.69. The van der Waals surface area contributed by atoms with Gasteiger partial charge in [0.2, 0.25) is 0 Å². The second kappa shape index (κ2) is 5.65. The summed E-state index contributed by atoms with van der Waals surface area (Å²) in [7, 11) is 0. The highest BCUT2D eigenvalue weighted by Crippen LogP contribution is 2.20. The van der Waals surface area contributed by atoms with Gasteiger partial charge in [0, 0.05) is 19.1 Å². The lowest BCUT2D eigenvalue weighted by Crippen LogP contribution is -2.48. The van der Waals surface area contributed by atoms with Gasteiger partial charge in [-0.15, -0.1) is 11.3 Å². The van der Waals surface area contributed by atoms with Gasteiger partial charge < -0.3 is 10.2 Å². The number of carbonyl (C=O) groups is 1.